The van der Waals surface area contributed by atoms with Gasteiger partial charge < -0.3 is 24.9 Å². The van der Waals surface area contributed by atoms with Crippen LogP contribution in [-0.4, -0.2) is 31.8 Å². The molecule has 4 aromatic rings. The largest absolute Gasteiger partial charge is 0.450 e. The van der Waals surface area contributed by atoms with E-state index < -0.39 is 6.09 Å². The molecule has 0 radical (unpaired) electrons. The Morgan fingerprint density at radius 1 is 1.21 bits per heavy atom. The van der Waals surface area contributed by atoms with Gasteiger partial charge in [0.1, 0.15) is 10.7 Å². The van der Waals surface area contributed by atoms with Crippen molar-refractivity contribution in [2.45, 2.75) is 46.3 Å². The number of hydrogen-bond donors (Lipinski definition) is 2. The summed E-state index contributed by atoms with van der Waals surface area (Å²) in [7, 11) is 0. The normalized spacial score (nSPS) is 11.5. The molecule has 0 bridgehead atoms. The highest BCUT2D eigenvalue weighted by Crippen LogP contribution is 2.22. The molecule has 174 valence electrons. The molecule has 0 fully saturated rings. The van der Waals surface area contributed by atoms with Gasteiger partial charge in [0.05, 0.1) is 18.6 Å². The van der Waals surface area contributed by atoms with Crippen molar-refractivity contribution in [1.29, 1.82) is 0 Å². The maximum Gasteiger partial charge on any atom is 0.407 e. The first kappa shape index (κ1) is 22.9. The number of amides is 1. The molecular formula is C24H29ClN6O2. The number of benzene rings is 1. The fourth-order valence-electron chi connectivity index (χ4n) is 3.86. The van der Waals surface area contributed by atoms with Gasteiger partial charge in [0.2, 0.25) is 0 Å². The van der Waals surface area contributed by atoms with Crippen molar-refractivity contribution in [3.05, 3.63) is 53.6 Å². The lowest BCUT2D eigenvalue weighted by Crippen LogP contribution is -2.24. The SMILES string of the molecule is CC(C)Cn1ccc2ccc(CNC(=O)OCCCCn3cnc4c(N)cc(Cl)nc43)cc21. The topological polar surface area (TPSA) is 100.0 Å². The third kappa shape index (κ3) is 5.57. The molecule has 0 saturated carbocycles. The van der Waals surface area contributed by atoms with E-state index in [-0.39, 0.29) is 0 Å². The average Bonchev–Trinajstić information content (AvgIpc) is 3.36. The number of nitrogens with one attached hydrogen (secondary N) is 1. The number of nitrogens with two attached hydrogens (primary N) is 1. The van der Waals surface area contributed by atoms with Gasteiger partial charge >= 0.3 is 6.09 Å². The van der Waals surface area contributed by atoms with Crippen molar-refractivity contribution in [2.24, 2.45) is 5.92 Å². The molecule has 3 N–H and O–H groups in total. The Balaban J connectivity index is 1.21. The lowest BCUT2D eigenvalue weighted by Gasteiger charge is -2.10. The van der Waals surface area contributed by atoms with Crippen LogP contribution < -0.4 is 11.1 Å². The number of carbonyl (C=O) groups excluding carboxylic acids is 1. The summed E-state index contributed by atoms with van der Waals surface area (Å²) in [5.74, 6) is 0.567. The zero-order valence-electron chi connectivity index (χ0n) is 18.9. The minimum atomic E-state index is -0.415. The first-order chi connectivity index (χ1) is 15.9. The van der Waals surface area contributed by atoms with Crippen molar-refractivity contribution in [2.75, 3.05) is 12.3 Å². The lowest BCUT2D eigenvalue weighted by molar-refractivity contribution is 0.143. The van der Waals surface area contributed by atoms with Crippen LogP contribution in [0.5, 0.6) is 0 Å². The Kier molecular flexibility index (Phi) is 7.03. The predicted octanol–water partition coefficient (Wildman–Crippen LogP) is 4.98. The van der Waals surface area contributed by atoms with Gasteiger partial charge in [0, 0.05) is 37.4 Å². The second-order valence-corrected chi connectivity index (χ2v) is 8.98. The summed E-state index contributed by atoms with van der Waals surface area (Å²) in [6, 6.07) is 9.96. The second kappa shape index (κ2) is 10.1. The molecule has 1 aromatic carbocycles. The number of halogens is 1. The van der Waals surface area contributed by atoms with Gasteiger partial charge in [-0.3, -0.25) is 0 Å². The number of unbranched alkanes of at least 4 members (excludes halogenated alkanes) is 1. The van der Waals surface area contributed by atoms with Crippen molar-refractivity contribution >= 4 is 45.4 Å². The maximum atomic E-state index is 12.1. The van der Waals surface area contributed by atoms with Crippen molar-refractivity contribution < 1.29 is 9.53 Å². The summed E-state index contributed by atoms with van der Waals surface area (Å²) in [4.78, 5) is 20.7. The Bertz CT molecular complexity index is 1260. The molecule has 0 aliphatic carbocycles. The third-order valence-electron chi connectivity index (χ3n) is 5.43. The predicted molar refractivity (Wildman–Crippen MR) is 131 cm³/mol. The molecular weight excluding hydrogens is 440 g/mol. The molecule has 9 heteroatoms. The van der Waals surface area contributed by atoms with Crippen LogP contribution in [0.15, 0.2) is 42.9 Å². The fraction of sp³-hybridized carbons (Fsp3) is 0.375. The van der Waals surface area contributed by atoms with Crippen molar-refractivity contribution in [3.8, 4) is 0 Å². The van der Waals surface area contributed by atoms with Gasteiger partial charge in [-0.2, -0.15) is 0 Å². The summed E-state index contributed by atoms with van der Waals surface area (Å²) < 4.78 is 9.48. The Hall–Kier alpha value is -3.26. The van der Waals surface area contributed by atoms with Crippen LogP contribution in [0.2, 0.25) is 5.15 Å². The minimum Gasteiger partial charge on any atom is -0.450 e. The van der Waals surface area contributed by atoms with Gasteiger partial charge in [0.15, 0.2) is 5.65 Å². The van der Waals surface area contributed by atoms with Gasteiger partial charge in [-0.25, -0.2) is 14.8 Å². The molecule has 0 aliphatic heterocycles. The monoisotopic (exact) mass is 468 g/mol. The molecule has 0 unspecified atom stereocenters. The van der Waals surface area contributed by atoms with E-state index in [0.29, 0.717) is 47.6 Å². The van der Waals surface area contributed by atoms with E-state index in [1.807, 2.05) is 10.6 Å². The molecule has 3 heterocycles. The number of ether oxygens (including phenoxy) is 1. The minimum absolute atomic E-state index is 0.338. The number of imidazole rings is 1. The first-order valence-corrected chi connectivity index (χ1v) is 11.5. The highest BCUT2D eigenvalue weighted by Gasteiger charge is 2.10. The van der Waals surface area contributed by atoms with Crippen LogP contribution in [0.25, 0.3) is 22.1 Å². The number of aryl methyl sites for hydroxylation is 1. The molecule has 0 saturated heterocycles. The maximum absolute atomic E-state index is 12.1. The highest BCUT2D eigenvalue weighted by molar-refractivity contribution is 6.30. The number of rotatable bonds is 9. The Morgan fingerprint density at radius 3 is 2.88 bits per heavy atom. The summed E-state index contributed by atoms with van der Waals surface area (Å²) in [6.07, 6.45) is 4.92. The number of alkyl carbamates (subject to hydrolysis) is 1. The van der Waals surface area contributed by atoms with Gasteiger partial charge in [-0.05, 0) is 41.8 Å². The van der Waals surface area contributed by atoms with Crippen LogP contribution in [0.3, 0.4) is 0 Å². The highest BCUT2D eigenvalue weighted by atomic mass is 35.5. The van der Waals surface area contributed by atoms with E-state index in [1.54, 1.807) is 12.4 Å². The van der Waals surface area contributed by atoms with E-state index in [0.717, 1.165) is 24.9 Å². The quantitative estimate of drug-likeness (QED) is 0.266. The van der Waals surface area contributed by atoms with Gasteiger partial charge in [0.25, 0.3) is 0 Å². The van der Waals surface area contributed by atoms with Crippen LogP contribution in [0.1, 0.15) is 32.3 Å². The molecule has 0 spiro atoms. The van der Waals surface area contributed by atoms with E-state index in [1.165, 1.54) is 10.9 Å². The number of pyridine rings is 1. The summed E-state index contributed by atoms with van der Waals surface area (Å²) in [6.45, 7) is 6.82. The number of anilines is 1. The first-order valence-electron chi connectivity index (χ1n) is 11.2. The average molecular weight is 469 g/mol. The standard InChI is InChI=1S/C24H29ClN6O2/c1-16(2)14-30-9-7-18-6-5-17(11-20(18)30)13-27-24(32)33-10-4-3-8-31-15-28-22-19(26)12-21(25)29-23(22)31/h5-7,9,11-12,15-16H,3-4,8,10,13-14H2,1-2H3,(H2,26,29)(H,27,32). The number of nitrogen functional groups attached to an aromatic ring is 1. The molecule has 0 atom stereocenters. The third-order valence-corrected chi connectivity index (χ3v) is 5.63. The lowest BCUT2D eigenvalue weighted by atomic mass is 10.1. The van der Waals surface area contributed by atoms with E-state index in [2.05, 4.69) is 58.1 Å². The number of fused-ring (bicyclic) bond motifs is 2. The van der Waals surface area contributed by atoms with Crippen LogP contribution in [0.4, 0.5) is 10.5 Å². The van der Waals surface area contributed by atoms with E-state index in [9.17, 15) is 4.79 Å². The summed E-state index contributed by atoms with van der Waals surface area (Å²) >= 11 is 6.00. The molecule has 1 amide bonds. The molecule has 33 heavy (non-hydrogen) atoms. The van der Waals surface area contributed by atoms with Crippen LogP contribution >= 0.6 is 11.6 Å². The molecule has 4 rings (SSSR count). The van der Waals surface area contributed by atoms with Crippen molar-refractivity contribution in [3.63, 3.8) is 0 Å². The van der Waals surface area contributed by atoms with Gasteiger partial charge in [-0.15, -0.1) is 0 Å². The molecule has 8 nitrogen and oxygen atoms in total. The zero-order chi connectivity index (χ0) is 23.4. The number of carbonyl (C=O) groups is 1. The summed E-state index contributed by atoms with van der Waals surface area (Å²) in [5, 5.41) is 4.38. The molecule has 3 aromatic heterocycles. The number of nitrogens with zero attached hydrogens (tertiary/aromatic N) is 4. The second-order valence-electron chi connectivity index (χ2n) is 8.60. The number of aromatic nitrogens is 4. The van der Waals surface area contributed by atoms with E-state index >= 15 is 0 Å². The van der Waals surface area contributed by atoms with Crippen molar-refractivity contribution in [1.82, 2.24) is 24.4 Å². The fourth-order valence-corrected chi connectivity index (χ4v) is 4.05. The van der Waals surface area contributed by atoms with Gasteiger partial charge in [-0.1, -0.05) is 37.6 Å². The Morgan fingerprint density at radius 2 is 2.06 bits per heavy atom. The van der Waals surface area contributed by atoms with E-state index in [4.69, 9.17) is 22.1 Å². The van der Waals surface area contributed by atoms with Crippen LogP contribution in [0, 0.1) is 5.92 Å². The number of hydrogen-bond acceptors (Lipinski definition) is 5. The summed E-state index contributed by atoms with van der Waals surface area (Å²) in [5.41, 5.74) is 9.97. The molecule has 0 aliphatic rings. The smallest absolute Gasteiger partial charge is 0.407 e. The Labute approximate surface area is 197 Å². The zero-order valence-corrected chi connectivity index (χ0v) is 19.7. The van der Waals surface area contributed by atoms with Crippen LogP contribution in [-0.2, 0) is 24.4 Å².